The van der Waals surface area contributed by atoms with E-state index in [9.17, 15) is 14.9 Å². The maximum Gasteiger partial charge on any atom is 0.343 e. The predicted molar refractivity (Wildman–Crippen MR) is 114 cm³/mol. The largest absolute Gasteiger partial charge is 0.497 e. The molecular weight excluding hydrogens is 400 g/mol. The molecule has 0 fully saturated rings. The van der Waals surface area contributed by atoms with Gasteiger partial charge in [0, 0.05) is 12.6 Å². The minimum atomic E-state index is -0.639. The van der Waals surface area contributed by atoms with Gasteiger partial charge in [0.05, 0.1) is 26.9 Å². The van der Waals surface area contributed by atoms with E-state index in [-0.39, 0.29) is 29.2 Å². The number of amides is 1. The average Bonchev–Trinajstić information content (AvgIpc) is 2.80. The molecule has 0 aliphatic rings. The Bertz CT molecular complexity index is 1030. The Hall–Kier alpha value is -4.25. The number of carbonyl (C=O) groups excluding carboxylic acids is 2. The molecule has 0 spiro atoms. The molecule has 8 nitrogen and oxygen atoms in total. The first-order valence-electron chi connectivity index (χ1n) is 9.09. The Morgan fingerprint density at radius 1 is 1.03 bits per heavy atom. The van der Waals surface area contributed by atoms with Crippen molar-refractivity contribution in [1.29, 1.82) is 5.26 Å². The molecule has 0 atom stereocenters. The van der Waals surface area contributed by atoms with Crippen molar-refractivity contribution in [1.82, 2.24) is 5.32 Å². The molecule has 0 radical (unpaired) electrons. The van der Waals surface area contributed by atoms with Gasteiger partial charge in [-0.15, -0.1) is 6.58 Å². The van der Waals surface area contributed by atoms with E-state index in [1.54, 1.807) is 18.2 Å². The van der Waals surface area contributed by atoms with Crippen LogP contribution in [0.1, 0.15) is 15.9 Å². The summed E-state index contributed by atoms with van der Waals surface area (Å²) >= 11 is 0. The lowest BCUT2D eigenvalue weighted by atomic mass is 10.1. The SMILES string of the molecule is C=CCNC(=O)/C(C#N)=C/c1ccc(OC(=O)c2cc(OC)cc(OC)c2)c(OC)c1. The van der Waals surface area contributed by atoms with E-state index in [2.05, 4.69) is 11.9 Å². The number of methoxy groups -OCH3 is 3. The van der Waals surface area contributed by atoms with Crippen molar-refractivity contribution in [3.05, 3.63) is 65.8 Å². The van der Waals surface area contributed by atoms with E-state index in [1.807, 2.05) is 6.07 Å². The maximum atomic E-state index is 12.6. The highest BCUT2D eigenvalue weighted by molar-refractivity contribution is 6.01. The van der Waals surface area contributed by atoms with Crippen molar-refractivity contribution >= 4 is 18.0 Å². The van der Waals surface area contributed by atoms with Gasteiger partial charge in [0.25, 0.3) is 5.91 Å². The molecule has 0 bridgehead atoms. The lowest BCUT2D eigenvalue weighted by molar-refractivity contribution is -0.116. The first kappa shape index (κ1) is 23.0. The van der Waals surface area contributed by atoms with Gasteiger partial charge < -0.3 is 24.3 Å². The van der Waals surface area contributed by atoms with Crippen molar-refractivity contribution in [3.63, 3.8) is 0 Å². The standard InChI is InChI=1S/C23H22N2O6/c1-5-8-25-22(26)17(14-24)9-15-6-7-20(21(10-15)30-4)31-23(27)16-11-18(28-2)13-19(12-16)29-3/h5-7,9-13H,1,8H2,2-4H3,(H,25,26)/b17-9+. The van der Waals surface area contributed by atoms with Crippen molar-refractivity contribution in [2.24, 2.45) is 0 Å². The molecule has 1 amide bonds. The van der Waals surface area contributed by atoms with E-state index in [0.29, 0.717) is 17.1 Å². The van der Waals surface area contributed by atoms with Crippen LogP contribution in [0.4, 0.5) is 0 Å². The Morgan fingerprint density at radius 3 is 2.26 bits per heavy atom. The molecule has 8 heteroatoms. The van der Waals surface area contributed by atoms with E-state index in [0.717, 1.165) is 0 Å². The summed E-state index contributed by atoms with van der Waals surface area (Å²) in [5, 5.41) is 11.8. The number of nitrogens with zero attached hydrogens (tertiary/aromatic N) is 1. The van der Waals surface area contributed by atoms with E-state index in [1.165, 1.54) is 51.7 Å². The van der Waals surface area contributed by atoms with Gasteiger partial charge in [0.15, 0.2) is 11.5 Å². The van der Waals surface area contributed by atoms with Crippen LogP contribution in [0.3, 0.4) is 0 Å². The van der Waals surface area contributed by atoms with Gasteiger partial charge in [-0.3, -0.25) is 4.79 Å². The van der Waals surface area contributed by atoms with E-state index < -0.39 is 11.9 Å². The molecule has 2 aromatic carbocycles. The Balaban J connectivity index is 2.29. The molecule has 2 aromatic rings. The van der Waals surface area contributed by atoms with Gasteiger partial charge in [0.2, 0.25) is 0 Å². The quantitative estimate of drug-likeness (QED) is 0.217. The van der Waals surface area contributed by atoms with Crippen molar-refractivity contribution in [2.45, 2.75) is 0 Å². The van der Waals surface area contributed by atoms with Gasteiger partial charge >= 0.3 is 5.97 Å². The molecule has 2 rings (SSSR count). The second kappa shape index (κ2) is 11.1. The Morgan fingerprint density at radius 2 is 1.71 bits per heavy atom. The highest BCUT2D eigenvalue weighted by Crippen LogP contribution is 2.31. The van der Waals surface area contributed by atoms with Crippen LogP contribution in [-0.4, -0.2) is 39.8 Å². The normalized spacial score (nSPS) is 10.5. The molecule has 0 aliphatic heterocycles. The summed E-state index contributed by atoms with van der Waals surface area (Å²) in [5.74, 6) is 0.140. The van der Waals surface area contributed by atoms with Crippen LogP contribution >= 0.6 is 0 Å². The second-order valence-electron chi connectivity index (χ2n) is 6.07. The summed E-state index contributed by atoms with van der Waals surface area (Å²) in [6.45, 7) is 3.75. The predicted octanol–water partition coefficient (Wildman–Crippen LogP) is 3.14. The smallest absolute Gasteiger partial charge is 0.343 e. The first-order chi connectivity index (χ1) is 14.9. The van der Waals surface area contributed by atoms with Crippen molar-refractivity contribution in [3.8, 4) is 29.1 Å². The molecule has 0 unspecified atom stereocenters. The number of esters is 1. The average molecular weight is 422 g/mol. The van der Waals surface area contributed by atoms with Crippen LogP contribution in [0.25, 0.3) is 6.08 Å². The zero-order chi connectivity index (χ0) is 22.8. The van der Waals surface area contributed by atoms with Gasteiger partial charge in [-0.25, -0.2) is 4.79 Å². The van der Waals surface area contributed by atoms with E-state index >= 15 is 0 Å². The third kappa shape index (κ3) is 6.11. The van der Waals surface area contributed by atoms with Crippen LogP contribution in [0.2, 0.25) is 0 Å². The minimum absolute atomic E-state index is 0.0860. The van der Waals surface area contributed by atoms with Gasteiger partial charge in [-0.05, 0) is 35.9 Å². The summed E-state index contributed by atoms with van der Waals surface area (Å²) in [6.07, 6.45) is 2.91. The van der Waals surface area contributed by atoms with Gasteiger partial charge in [-0.2, -0.15) is 5.26 Å². The molecule has 0 aliphatic carbocycles. The van der Waals surface area contributed by atoms with Crippen LogP contribution in [-0.2, 0) is 4.79 Å². The molecule has 0 heterocycles. The third-order valence-corrected chi connectivity index (χ3v) is 4.06. The molecule has 0 aromatic heterocycles. The Labute approximate surface area is 180 Å². The fraction of sp³-hybridized carbons (Fsp3) is 0.174. The van der Waals surface area contributed by atoms with Crippen LogP contribution in [0, 0.1) is 11.3 Å². The van der Waals surface area contributed by atoms with Crippen molar-refractivity contribution in [2.75, 3.05) is 27.9 Å². The van der Waals surface area contributed by atoms with Gasteiger partial charge in [0.1, 0.15) is 23.1 Å². The summed E-state index contributed by atoms with van der Waals surface area (Å²) in [4.78, 5) is 24.6. The summed E-state index contributed by atoms with van der Waals surface area (Å²) in [7, 11) is 4.37. The number of hydrogen-bond donors (Lipinski definition) is 1. The lowest BCUT2D eigenvalue weighted by Gasteiger charge is -2.11. The minimum Gasteiger partial charge on any atom is -0.497 e. The van der Waals surface area contributed by atoms with Gasteiger partial charge in [-0.1, -0.05) is 12.1 Å². The van der Waals surface area contributed by atoms with E-state index in [4.69, 9.17) is 18.9 Å². The molecule has 31 heavy (non-hydrogen) atoms. The molecule has 160 valence electrons. The first-order valence-corrected chi connectivity index (χ1v) is 9.09. The maximum absolute atomic E-state index is 12.6. The lowest BCUT2D eigenvalue weighted by Crippen LogP contribution is -2.24. The van der Waals surface area contributed by atoms with Crippen LogP contribution < -0.4 is 24.3 Å². The summed E-state index contributed by atoms with van der Waals surface area (Å²) in [5.41, 5.74) is 0.662. The molecule has 0 saturated heterocycles. The van der Waals surface area contributed by atoms with Crippen LogP contribution in [0.5, 0.6) is 23.0 Å². The number of nitrogens with one attached hydrogen (secondary N) is 1. The van der Waals surface area contributed by atoms with Crippen molar-refractivity contribution < 1.29 is 28.5 Å². The highest BCUT2D eigenvalue weighted by Gasteiger charge is 2.16. The number of benzene rings is 2. The fourth-order valence-electron chi connectivity index (χ4n) is 2.52. The Kier molecular flexibility index (Phi) is 8.22. The number of nitriles is 1. The second-order valence-corrected chi connectivity index (χ2v) is 6.07. The monoisotopic (exact) mass is 422 g/mol. The number of carbonyl (C=O) groups is 2. The third-order valence-electron chi connectivity index (χ3n) is 4.06. The number of rotatable bonds is 9. The molecule has 0 saturated carbocycles. The fourth-order valence-corrected chi connectivity index (χ4v) is 2.52. The number of ether oxygens (including phenoxy) is 4. The zero-order valence-corrected chi connectivity index (χ0v) is 17.4. The molecular formula is C23H22N2O6. The zero-order valence-electron chi connectivity index (χ0n) is 17.4. The van der Waals surface area contributed by atoms with Crippen LogP contribution in [0.15, 0.2) is 54.6 Å². The topological polar surface area (TPSA) is 107 Å². The highest BCUT2D eigenvalue weighted by atomic mass is 16.6. The number of hydrogen-bond acceptors (Lipinski definition) is 7. The summed E-state index contributed by atoms with van der Waals surface area (Å²) in [6, 6.07) is 11.2. The molecule has 1 N–H and O–H groups in total. The summed E-state index contributed by atoms with van der Waals surface area (Å²) < 4.78 is 21.1.